The van der Waals surface area contributed by atoms with E-state index >= 15 is 0 Å². The Hall–Kier alpha value is -1.90. The summed E-state index contributed by atoms with van der Waals surface area (Å²) in [6.45, 7) is 2.19. The number of nitrogens with zero attached hydrogens (tertiary/aromatic N) is 1. The second-order valence-corrected chi connectivity index (χ2v) is 5.16. The molecule has 1 N–H and O–H groups in total. The third-order valence-corrected chi connectivity index (χ3v) is 3.88. The number of aromatic amines is 1. The molecule has 3 rings (SSSR count). The Labute approximate surface area is 113 Å². The quantitative estimate of drug-likeness (QED) is 0.908. The van der Waals surface area contributed by atoms with Gasteiger partial charge >= 0.3 is 0 Å². The van der Waals surface area contributed by atoms with E-state index in [1.807, 2.05) is 12.3 Å². The second-order valence-electron chi connectivity index (χ2n) is 5.16. The van der Waals surface area contributed by atoms with Crippen molar-refractivity contribution in [3.05, 3.63) is 53.1 Å². The van der Waals surface area contributed by atoms with Crippen LogP contribution in [0.5, 0.6) is 0 Å². The lowest BCUT2D eigenvalue weighted by molar-refractivity contribution is 0.0994. The number of benzene rings is 1. The molecule has 1 unspecified atom stereocenters. The molecule has 3 nitrogen and oxygen atoms in total. The average Bonchev–Trinajstić information content (AvgIpc) is 3.06. The zero-order valence-electron chi connectivity index (χ0n) is 11.1. The van der Waals surface area contributed by atoms with E-state index in [0.29, 0.717) is 12.3 Å². The number of hydrogen-bond donors (Lipinski definition) is 1. The SMILES string of the molecule is CCCC(c1ccc2c(c1)CCC2=O)c1ncc[nH]1. The molecule has 0 spiro atoms. The predicted octanol–water partition coefficient (Wildman–Crippen LogP) is 3.47. The molecule has 1 aliphatic carbocycles. The number of Topliss-reactive ketones (excluding diaryl/α,β-unsaturated/α-hetero) is 1. The maximum Gasteiger partial charge on any atom is 0.163 e. The van der Waals surface area contributed by atoms with Gasteiger partial charge in [-0.3, -0.25) is 4.79 Å². The van der Waals surface area contributed by atoms with Gasteiger partial charge in [0.1, 0.15) is 5.82 Å². The molecule has 1 aromatic heterocycles. The highest BCUT2D eigenvalue weighted by atomic mass is 16.1. The summed E-state index contributed by atoms with van der Waals surface area (Å²) in [7, 11) is 0. The van der Waals surface area contributed by atoms with E-state index in [0.717, 1.165) is 30.7 Å². The molecule has 1 aliphatic rings. The van der Waals surface area contributed by atoms with Gasteiger partial charge in [-0.1, -0.05) is 31.5 Å². The van der Waals surface area contributed by atoms with Gasteiger partial charge in [0.05, 0.1) is 0 Å². The van der Waals surface area contributed by atoms with Gasteiger partial charge in [-0.05, 0) is 24.0 Å². The maximum atomic E-state index is 11.7. The van der Waals surface area contributed by atoms with Gasteiger partial charge < -0.3 is 4.98 Å². The molecule has 0 saturated heterocycles. The van der Waals surface area contributed by atoms with Gasteiger partial charge in [0.25, 0.3) is 0 Å². The minimum Gasteiger partial charge on any atom is -0.348 e. The van der Waals surface area contributed by atoms with Crippen LogP contribution in [-0.4, -0.2) is 15.8 Å². The molecule has 1 heterocycles. The van der Waals surface area contributed by atoms with Crippen LogP contribution in [0.25, 0.3) is 0 Å². The zero-order chi connectivity index (χ0) is 13.2. The minimum atomic E-state index is 0.284. The van der Waals surface area contributed by atoms with Gasteiger partial charge in [-0.2, -0.15) is 0 Å². The van der Waals surface area contributed by atoms with Crippen molar-refractivity contribution in [1.82, 2.24) is 9.97 Å². The predicted molar refractivity (Wildman–Crippen MR) is 74.4 cm³/mol. The number of aromatic nitrogens is 2. The number of ketones is 1. The van der Waals surface area contributed by atoms with E-state index in [4.69, 9.17) is 0 Å². The third kappa shape index (κ3) is 2.21. The van der Waals surface area contributed by atoms with Crippen molar-refractivity contribution in [2.45, 2.75) is 38.5 Å². The molecule has 0 aliphatic heterocycles. The number of aryl methyl sites for hydroxylation is 1. The van der Waals surface area contributed by atoms with Crippen molar-refractivity contribution in [3.8, 4) is 0 Å². The molecule has 1 aromatic carbocycles. The smallest absolute Gasteiger partial charge is 0.163 e. The van der Waals surface area contributed by atoms with E-state index in [1.165, 1.54) is 11.1 Å². The first-order valence-electron chi connectivity index (χ1n) is 6.95. The maximum absolute atomic E-state index is 11.7. The lowest BCUT2D eigenvalue weighted by Gasteiger charge is -2.15. The van der Waals surface area contributed by atoms with Gasteiger partial charge in [-0.15, -0.1) is 0 Å². The summed E-state index contributed by atoms with van der Waals surface area (Å²) in [5, 5.41) is 0. The van der Waals surface area contributed by atoms with Gasteiger partial charge in [0.2, 0.25) is 0 Å². The molecule has 1 atom stereocenters. The number of hydrogen-bond acceptors (Lipinski definition) is 2. The minimum absolute atomic E-state index is 0.284. The van der Waals surface area contributed by atoms with Gasteiger partial charge in [0, 0.05) is 30.3 Å². The number of fused-ring (bicyclic) bond motifs is 1. The number of rotatable bonds is 4. The topological polar surface area (TPSA) is 45.8 Å². The number of imidazole rings is 1. The summed E-state index contributed by atoms with van der Waals surface area (Å²) in [6.07, 6.45) is 7.41. The summed E-state index contributed by atoms with van der Waals surface area (Å²) in [5.41, 5.74) is 3.39. The zero-order valence-corrected chi connectivity index (χ0v) is 11.1. The Morgan fingerprint density at radius 2 is 2.26 bits per heavy atom. The summed E-state index contributed by atoms with van der Waals surface area (Å²) in [5.74, 6) is 1.61. The van der Waals surface area contributed by atoms with Crippen LogP contribution in [0.4, 0.5) is 0 Å². The molecule has 0 fully saturated rings. The fourth-order valence-corrected chi connectivity index (χ4v) is 2.91. The summed E-state index contributed by atoms with van der Waals surface area (Å²) in [4.78, 5) is 19.3. The molecule has 0 radical (unpaired) electrons. The standard InChI is InChI=1S/C16H18N2O/c1-2-3-14(16-17-8-9-18-16)12-4-6-13-11(10-12)5-7-15(13)19/h4,6,8-10,14H,2-3,5,7H2,1H3,(H,17,18). The van der Waals surface area contributed by atoms with Crippen molar-refractivity contribution >= 4 is 5.78 Å². The lowest BCUT2D eigenvalue weighted by Crippen LogP contribution is -2.04. The monoisotopic (exact) mass is 254 g/mol. The summed E-state index contributed by atoms with van der Waals surface area (Å²) < 4.78 is 0. The van der Waals surface area contributed by atoms with Gasteiger partial charge in [0.15, 0.2) is 5.78 Å². The Morgan fingerprint density at radius 1 is 1.37 bits per heavy atom. The first-order valence-corrected chi connectivity index (χ1v) is 6.95. The van der Waals surface area contributed by atoms with Crippen LogP contribution in [0.15, 0.2) is 30.6 Å². The molecule has 2 aromatic rings. The van der Waals surface area contributed by atoms with Crippen molar-refractivity contribution < 1.29 is 4.79 Å². The van der Waals surface area contributed by atoms with Crippen molar-refractivity contribution in [2.75, 3.05) is 0 Å². The van der Waals surface area contributed by atoms with Crippen molar-refractivity contribution in [1.29, 1.82) is 0 Å². The third-order valence-electron chi connectivity index (χ3n) is 3.88. The number of carbonyl (C=O) groups excluding carboxylic acids is 1. The molecule has 0 bridgehead atoms. The second kappa shape index (κ2) is 5.00. The highest BCUT2D eigenvalue weighted by Gasteiger charge is 2.22. The Kier molecular flexibility index (Phi) is 3.20. The van der Waals surface area contributed by atoms with E-state index in [-0.39, 0.29) is 5.78 Å². The Morgan fingerprint density at radius 3 is 3.00 bits per heavy atom. The van der Waals surface area contributed by atoms with Crippen LogP contribution in [0.2, 0.25) is 0 Å². The van der Waals surface area contributed by atoms with Crippen LogP contribution in [0.3, 0.4) is 0 Å². The van der Waals surface area contributed by atoms with Crippen molar-refractivity contribution in [3.63, 3.8) is 0 Å². The highest BCUT2D eigenvalue weighted by Crippen LogP contribution is 2.31. The molecule has 3 heteroatoms. The highest BCUT2D eigenvalue weighted by molar-refractivity contribution is 6.00. The number of H-pyrrole nitrogens is 1. The molecule has 19 heavy (non-hydrogen) atoms. The van der Waals surface area contributed by atoms with Crippen LogP contribution in [0.1, 0.15) is 59.4 Å². The fraction of sp³-hybridized carbons (Fsp3) is 0.375. The lowest BCUT2D eigenvalue weighted by atomic mass is 9.91. The van der Waals surface area contributed by atoms with E-state index < -0.39 is 0 Å². The van der Waals surface area contributed by atoms with Crippen molar-refractivity contribution in [2.24, 2.45) is 0 Å². The fourth-order valence-electron chi connectivity index (χ4n) is 2.91. The summed E-state index contributed by atoms with van der Waals surface area (Å²) in [6, 6.07) is 6.28. The average molecular weight is 254 g/mol. The van der Waals surface area contributed by atoms with Crippen LogP contribution < -0.4 is 0 Å². The molecular formula is C16H18N2O. The van der Waals surface area contributed by atoms with Crippen LogP contribution >= 0.6 is 0 Å². The largest absolute Gasteiger partial charge is 0.348 e. The molecule has 0 amide bonds. The Bertz CT molecular complexity index is 587. The van der Waals surface area contributed by atoms with Crippen LogP contribution in [-0.2, 0) is 6.42 Å². The normalized spacial score (nSPS) is 15.5. The first-order chi connectivity index (χ1) is 9.29. The number of nitrogens with one attached hydrogen (secondary N) is 1. The molecule has 0 saturated carbocycles. The Balaban J connectivity index is 1.98. The van der Waals surface area contributed by atoms with Gasteiger partial charge in [-0.25, -0.2) is 4.98 Å². The van der Waals surface area contributed by atoms with Crippen LogP contribution in [0, 0.1) is 0 Å². The molecular weight excluding hydrogens is 236 g/mol. The van der Waals surface area contributed by atoms with E-state index in [2.05, 4.69) is 29.0 Å². The van der Waals surface area contributed by atoms with E-state index in [9.17, 15) is 4.79 Å². The summed E-state index contributed by atoms with van der Waals surface area (Å²) >= 11 is 0. The first kappa shape index (κ1) is 12.2. The number of carbonyl (C=O) groups is 1. The molecule has 98 valence electrons. The van der Waals surface area contributed by atoms with E-state index in [1.54, 1.807) is 6.20 Å².